The van der Waals surface area contributed by atoms with E-state index in [0.717, 1.165) is 15.8 Å². The number of methoxy groups -OCH3 is 1. The van der Waals surface area contributed by atoms with Crippen LogP contribution in [0.2, 0.25) is 0 Å². The van der Waals surface area contributed by atoms with Crippen LogP contribution in [0.1, 0.15) is 6.92 Å². The summed E-state index contributed by atoms with van der Waals surface area (Å²) in [5.74, 6) is 0.937. The Labute approximate surface area is 125 Å². The zero-order valence-corrected chi connectivity index (χ0v) is 12.8. The number of hydrogen-bond acceptors (Lipinski definition) is 6. The van der Waals surface area contributed by atoms with Crippen molar-refractivity contribution in [1.29, 1.82) is 0 Å². The van der Waals surface area contributed by atoms with E-state index in [1.807, 2.05) is 31.2 Å². The Morgan fingerprint density at radius 2 is 2.00 bits per heavy atom. The summed E-state index contributed by atoms with van der Waals surface area (Å²) in [6.45, 7) is 2.71. The number of nitrogens with zero attached hydrogens (tertiary/aromatic N) is 3. The lowest BCUT2D eigenvalue weighted by molar-refractivity contribution is 0.379. The van der Waals surface area contributed by atoms with Gasteiger partial charge in [-0.25, -0.2) is 0 Å². The summed E-state index contributed by atoms with van der Waals surface area (Å²) in [7, 11) is 1.53. The molecule has 0 fully saturated rings. The fourth-order valence-corrected chi connectivity index (χ4v) is 1.98. The Morgan fingerprint density at radius 3 is 2.68 bits per heavy atom. The Bertz CT molecular complexity index is 564. The van der Waals surface area contributed by atoms with Crippen LogP contribution >= 0.6 is 22.6 Å². The van der Waals surface area contributed by atoms with Crippen LogP contribution in [0.25, 0.3) is 0 Å². The average Bonchev–Trinajstić information content (AvgIpc) is 2.39. The molecule has 100 valence electrons. The molecule has 7 heteroatoms. The Hall–Kier alpha value is -1.64. The van der Waals surface area contributed by atoms with E-state index in [-0.39, 0.29) is 6.01 Å². The third-order valence-corrected chi connectivity index (χ3v) is 2.88. The summed E-state index contributed by atoms with van der Waals surface area (Å²) in [6, 6.07) is 8.21. The molecule has 19 heavy (non-hydrogen) atoms. The molecule has 0 radical (unpaired) electrons. The molecule has 2 aromatic rings. The van der Waals surface area contributed by atoms with Crippen molar-refractivity contribution in [2.75, 3.05) is 24.3 Å². The molecule has 0 aliphatic carbocycles. The highest BCUT2D eigenvalue weighted by molar-refractivity contribution is 14.1. The molecule has 0 saturated heterocycles. The maximum atomic E-state index is 5.06. The number of hydrogen-bond donors (Lipinski definition) is 2. The molecular weight excluding hydrogens is 357 g/mol. The van der Waals surface area contributed by atoms with E-state index in [4.69, 9.17) is 4.74 Å². The van der Waals surface area contributed by atoms with Gasteiger partial charge in [0.1, 0.15) is 0 Å². The number of benzene rings is 1. The van der Waals surface area contributed by atoms with Crippen molar-refractivity contribution in [2.45, 2.75) is 6.92 Å². The van der Waals surface area contributed by atoms with Crippen LogP contribution in [0.4, 0.5) is 17.6 Å². The van der Waals surface area contributed by atoms with Gasteiger partial charge in [0.05, 0.1) is 7.11 Å². The normalized spacial score (nSPS) is 10.1. The summed E-state index contributed by atoms with van der Waals surface area (Å²) in [5.41, 5.74) is 0.919. The van der Waals surface area contributed by atoms with Crippen LogP contribution < -0.4 is 15.4 Å². The third kappa shape index (κ3) is 3.91. The van der Waals surface area contributed by atoms with E-state index in [0.29, 0.717) is 11.9 Å². The van der Waals surface area contributed by atoms with Crippen LogP contribution in [-0.4, -0.2) is 28.6 Å². The molecule has 0 saturated carbocycles. The number of anilines is 3. The van der Waals surface area contributed by atoms with Gasteiger partial charge in [-0.1, -0.05) is 6.07 Å². The van der Waals surface area contributed by atoms with Gasteiger partial charge in [-0.05, 0) is 47.7 Å². The molecule has 6 nitrogen and oxygen atoms in total. The maximum absolute atomic E-state index is 5.06. The largest absolute Gasteiger partial charge is 0.467 e. The maximum Gasteiger partial charge on any atom is 0.322 e. The second-order valence-corrected chi connectivity index (χ2v) is 4.88. The lowest BCUT2D eigenvalue weighted by Crippen LogP contribution is -2.07. The highest BCUT2D eigenvalue weighted by Gasteiger charge is 2.06. The van der Waals surface area contributed by atoms with Gasteiger partial charge in [0.25, 0.3) is 0 Å². The molecule has 0 bridgehead atoms. The molecule has 0 aliphatic rings. The first-order chi connectivity index (χ1) is 9.21. The van der Waals surface area contributed by atoms with Gasteiger partial charge in [0.15, 0.2) is 0 Å². The van der Waals surface area contributed by atoms with Crippen molar-refractivity contribution >= 4 is 40.2 Å². The summed E-state index contributed by atoms with van der Waals surface area (Å²) in [6.07, 6.45) is 0. The minimum Gasteiger partial charge on any atom is -0.467 e. The predicted molar refractivity (Wildman–Crippen MR) is 83.0 cm³/mol. The minimum atomic E-state index is 0.277. The van der Waals surface area contributed by atoms with Crippen LogP contribution in [0.5, 0.6) is 6.01 Å². The van der Waals surface area contributed by atoms with E-state index in [1.54, 1.807) is 0 Å². The van der Waals surface area contributed by atoms with Crippen molar-refractivity contribution in [1.82, 2.24) is 15.0 Å². The first-order valence-electron chi connectivity index (χ1n) is 5.78. The van der Waals surface area contributed by atoms with Crippen molar-refractivity contribution in [3.8, 4) is 6.01 Å². The minimum absolute atomic E-state index is 0.277. The summed E-state index contributed by atoms with van der Waals surface area (Å²) >= 11 is 2.25. The van der Waals surface area contributed by atoms with E-state index in [1.165, 1.54) is 7.11 Å². The Kier molecular flexibility index (Phi) is 4.72. The Balaban J connectivity index is 2.26. The lowest BCUT2D eigenvalue weighted by Gasteiger charge is -2.08. The number of ether oxygens (including phenoxy) is 1. The quantitative estimate of drug-likeness (QED) is 0.788. The zero-order chi connectivity index (χ0) is 13.7. The summed E-state index contributed by atoms with van der Waals surface area (Å²) in [5, 5.41) is 6.17. The van der Waals surface area contributed by atoms with Gasteiger partial charge < -0.3 is 15.4 Å². The summed E-state index contributed by atoms with van der Waals surface area (Å²) < 4.78 is 6.19. The molecule has 0 spiro atoms. The van der Waals surface area contributed by atoms with Crippen molar-refractivity contribution in [3.05, 3.63) is 27.8 Å². The number of halogens is 1. The van der Waals surface area contributed by atoms with Gasteiger partial charge in [-0.15, -0.1) is 0 Å². The first kappa shape index (κ1) is 13.8. The molecular formula is C12H14IN5O. The highest BCUT2D eigenvalue weighted by atomic mass is 127. The Morgan fingerprint density at radius 1 is 1.21 bits per heavy atom. The molecule has 1 heterocycles. The molecule has 0 atom stereocenters. The molecule has 1 aromatic heterocycles. The third-order valence-electron chi connectivity index (χ3n) is 2.21. The van der Waals surface area contributed by atoms with Crippen molar-refractivity contribution in [3.63, 3.8) is 0 Å². The monoisotopic (exact) mass is 371 g/mol. The van der Waals surface area contributed by atoms with Gasteiger partial charge in [-0.3, -0.25) is 0 Å². The average molecular weight is 371 g/mol. The second-order valence-electron chi connectivity index (χ2n) is 3.63. The molecule has 2 N–H and O–H groups in total. The molecule has 2 rings (SSSR count). The molecule has 1 aromatic carbocycles. The SMILES string of the molecule is CCNc1nc(Nc2cccc(I)c2)nc(OC)n1. The highest BCUT2D eigenvalue weighted by Crippen LogP contribution is 2.18. The fourth-order valence-electron chi connectivity index (χ4n) is 1.44. The molecule has 0 amide bonds. The van der Waals surface area contributed by atoms with Gasteiger partial charge in [0, 0.05) is 15.8 Å². The number of aromatic nitrogens is 3. The van der Waals surface area contributed by atoms with Gasteiger partial charge >= 0.3 is 6.01 Å². The zero-order valence-electron chi connectivity index (χ0n) is 10.6. The lowest BCUT2D eigenvalue weighted by atomic mass is 10.3. The number of nitrogens with one attached hydrogen (secondary N) is 2. The predicted octanol–water partition coefficient (Wildman–Crippen LogP) is 2.66. The second kappa shape index (κ2) is 6.50. The van der Waals surface area contributed by atoms with Crippen molar-refractivity contribution < 1.29 is 4.74 Å². The summed E-state index contributed by atoms with van der Waals surface area (Å²) in [4.78, 5) is 12.5. The van der Waals surface area contributed by atoms with E-state index < -0.39 is 0 Å². The van der Waals surface area contributed by atoms with Crippen LogP contribution in [-0.2, 0) is 0 Å². The topological polar surface area (TPSA) is 72.0 Å². The van der Waals surface area contributed by atoms with Crippen molar-refractivity contribution in [2.24, 2.45) is 0 Å². The van der Waals surface area contributed by atoms with E-state index in [2.05, 4.69) is 48.2 Å². The first-order valence-corrected chi connectivity index (χ1v) is 6.85. The van der Waals surface area contributed by atoms with Gasteiger partial charge in [0.2, 0.25) is 11.9 Å². The van der Waals surface area contributed by atoms with E-state index in [9.17, 15) is 0 Å². The van der Waals surface area contributed by atoms with E-state index >= 15 is 0 Å². The fraction of sp³-hybridized carbons (Fsp3) is 0.250. The van der Waals surface area contributed by atoms with Crippen LogP contribution in [0, 0.1) is 3.57 Å². The smallest absolute Gasteiger partial charge is 0.322 e. The molecule has 0 unspecified atom stereocenters. The number of rotatable bonds is 5. The molecule has 0 aliphatic heterocycles. The van der Waals surface area contributed by atoms with Crippen LogP contribution in [0.3, 0.4) is 0 Å². The van der Waals surface area contributed by atoms with Crippen LogP contribution in [0.15, 0.2) is 24.3 Å². The van der Waals surface area contributed by atoms with Gasteiger partial charge in [-0.2, -0.15) is 15.0 Å². The standard InChI is InChI=1S/C12H14IN5O/c1-3-14-10-16-11(18-12(17-10)19-2)15-9-6-4-5-8(13)7-9/h4-7H,3H2,1-2H3,(H2,14,15,16,17,18).